The number of fused-ring (bicyclic) bond motifs is 1. The van der Waals surface area contributed by atoms with Crippen molar-refractivity contribution in [2.45, 2.75) is 30.1 Å². The van der Waals surface area contributed by atoms with Crippen molar-refractivity contribution in [2.75, 3.05) is 12.4 Å². The fourth-order valence-corrected chi connectivity index (χ4v) is 6.49. The molecule has 0 radical (unpaired) electrons. The molecule has 1 aliphatic rings. The summed E-state index contributed by atoms with van der Waals surface area (Å²) < 4.78 is 33.6. The topological polar surface area (TPSA) is 75.7 Å². The van der Waals surface area contributed by atoms with Crippen LogP contribution in [0, 0.1) is 6.92 Å². The number of halogens is 1. The van der Waals surface area contributed by atoms with Crippen molar-refractivity contribution in [2.24, 2.45) is 0 Å². The molecule has 0 spiro atoms. The molecule has 1 N–H and O–H groups in total. The first-order valence-electron chi connectivity index (χ1n) is 9.58. The Morgan fingerprint density at radius 2 is 1.94 bits per heavy atom. The quantitative estimate of drug-likeness (QED) is 0.589. The summed E-state index contributed by atoms with van der Waals surface area (Å²) in [6.45, 7) is 1.95. The van der Waals surface area contributed by atoms with E-state index in [0.717, 1.165) is 28.0 Å². The van der Waals surface area contributed by atoms with Crippen LogP contribution in [-0.2, 0) is 27.8 Å². The molecule has 1 amide bonds. The number of nitrogens with zero attached hydrogens (tertiary/aromatic N) is 1. The smallest absolute Gasteiger partial charge is 0.253 e. The molecule has 0 fully saturated rings. The Balaban J connectivity index is 1.72. The number of benzene rings is 2. The molecule has 2 aromatic carbocycles. The van der Waals surface area contributed by atoms with Gasteiger partial charge in [-0.15, -0.1) is 11.3 Å². The molecule has 1 aliphatic heterocycles. The second kappa shape index (κ2) is 8.63. The third kappa shape index (κ3) is 4.21. The van der Waals surface area contributed by atoms with E-state index in [0.29, 0.717) is 16.5 Å². The molecule has 1 aromatic heterocycles. The lowest BCUT2D eigenvalue weighted by molar-refractivity contribution is -0.120. The first-order chi connectivity index (χ1) is 14.8. The molecule has 6 nitrogen and oxygen atoms in total. The highest BCUT2D eigenvalue weighted by molar-refractivity contribution is 7.91. The van der Waals surface area contributed by atoms with Gasteiger partial charge < -0.3 is 10.1 Å². The largest absolute Gasteiger partial charge is 0.495 e. The van der Waals surface area contributed by atoms with Crippen molar-refractivity contribution < 1.29 is 17.9 Å². The predicted molar refractivity (Wildman–Crippen MR) is 122 cm³/mol. The number of hydrogen-bond acceptors (Lipinski definition) is 5. The average Bonchev–Trinajstić information content (AvgIpc) is 3.31. The fraction of sp³-hybridized carbons (Fsp3) is 0.227. The first-order valence-corrected chi connectivity index (χ1v) is 12.3. The summed E-state index contributed by atoms with van der Waals surface area (Å²) in [5.74, 6) is -0.0116. The predicted octanol–water partition coefficient (Wildman–Crippen LogP) is 4.47. The molecule has 3 aromatic rings. The molecule has 9 heteroatoms. The van der Waals surface area contributed by atoms with E-state index in [-0.39, 0.29) is 17.2 Å². The molecule has 0 aliphatic carbocycles. The molecule has 2 heterocycles. The van der Waals surface area contributed by atoms with Crippen LogP contribution in [0.1, 0.15) is 16.7 Å². The van der Waals surface area contributed by atoms with E-state index in [9.17, 15) is 13.2 Å². The summed E-state index contributed by atoms with van der Waals surface area (Å²) in [5, 5.41) is 5.08. The standard InChI is InChI=1S/C22H21ClN2O4S2/c1-14-10-18(20(29-2)12-17(14)23)24-22(26)19-11-15-6-3-4-7-16(15)13-25(19)31(27,28)21-8-5-9-30-21/h3-10,12,19H,11,13H2,1-2H3,(H,24,26). The van der Waals surface area contributed by atoms with E-state index in [4.69, 9.17) is 16.3 Å². The van der Waals surface area contributed by atoms with Crippen LogP contribution < -0.4 is 10.1 Å². The van der Waals surface area contributed by atoms with Gasteiger partial charge in [0, 0.05) is 17.6 Å². The van der Waals surface area contributed by atoms with Gasteiger partial charge in [0.2, 0.25) is 5.91 Å². The molecular weight excluding hydrogens is 456 g/mol. The zero-order valence-electron chi connectivity index (χ0n) is 17.0. The lowest BCUT2D eigenvalue weighted by Gasteiger charge is -2.34. The van der Waals surface area contributed by atoms with Crippen LogP contribution in [0.15, 0.2) is 58.1 Å². The van der Waals surface area contributed by atoms with Crippen molar-refractivity contribution in [3.05, 3.63) is 75.6 Å². The summed E-state index contributed by atoms with van der Waals surface area (Å²) in [4.78, 5) is 13.4. The maximum Gasteiger partial charge on any atom is 0.253 e. The van der Waals surface area contributed by atoms with E-state index in [1.54, 1.807) is 29.6 Å². The van der Waals surface area contributed by atoms with Gasteiger partial charge in [0.1, 0.15) is 16.0 Å². The fourth-order valence-electron chi connectivity index (χ4n) is 3.65. The third-order valence-electron chi connectivity index (χ3n) is 5.30. The van der Waals surface area contributed by atoms with Crippen LogP contribution in [0.2, 0.25) is 5.02 Å². The van der Waals surface area contributed by atoms with Gasteiger partial charge in [-0.2, -0.15) is 4.31 Å². The molecule has 0 saturated heterocycles. The second-order valence-electron chi connectivity index (χ2n) is 7.26. The average molecular weight is 477 g/mol. The molecule has 4 rings (SSSR count). The van der Waals surface area contributed by atoms with Crippen molar-refractivity contribution in [3.8, 4) is 5.75 Å². The van der Waals surface area contributed by atoms with E-state index < -0.39 is 22.0 Å². The zero-order valence-corrected chi connectivity index (χ0v) is 19.4. The highest BCUT2D eigenvalue weighted by Gasteiger charge is 2.40. The summed E-state index contributed by atoms with van der Waals surface area (Å²) in [5.41, 5.74) is 3.07. The second-order valence-corrected chi connectivity index (χ2v) is 10.7. The van der Waals surface area contributed by atoms with Gasteiger partial charge in [0.25, 0.3) is 10.0 Å². The Hall–Kier alpha value is -2.39. The van der Waals surface area contributed by atoms with Crippen molar-refractivity contribution in [1.82, 2.24) is 4.31 Å². The first kappa shape index (κ1) is 21.8. The molecule has 1 atom stereocenters. The van der Waals surface area contributed by atoms with Gasteiger partial charge in [-0.05, 0) is 47.5 Å². The number of thiophene rings is 1. The SMILES string of the molecule is COc1cc(Cl)c(C)cc1NC(=O)C1Cc2ccccc2CN1S(=O)(=O)c1cccs1. The number of carbonyl (C=O) groups excluding carboxylic acids is 1. The molecule has 31 heavy (non-hydrogen) atoms. The van der Waals surface area contributed by atoms with Crippen molar-refractivity contribution in [3.63, 3.8) is 0 Å². The van der Waals surface area contributed by atoms with E-state index in [1.165, 1.54) is 11.4 Å². The maximum atomic E-state index is 13.4. The summed E-state index contributed by atoms with van der Waals surface area (Å²) >= 11 is 7.30. The van der Waals surface area contributed by atoms with E-state index >= 15 is 0 Å². The van der Waals surface area contributed by atoms with Crippen LogP contribution in [-0.4, -0.2) is 31.8 Å². The summed E-state index contributed by atoms with van der Waals surface area (Å²) in [6.07, 6.45) is 0.279. The number of methoxy groups -OCH3 is 1. The molecule has 0 saturated carbocycles. The number of rotatable bonds is 5. The zero-order chi connectivity index (χ0) is 22.2. The maximum absolute atomic E-state index is 13.4. The highest BCUT2D eigenvalue weighted by atomic mass is 35.5. The minimum Gasteiger partial charge on any atom is -0.495 e. The number of anilines is 1. The molecular formula is C22H21ClN2O4S2. The number of aryl methyl sites for hydroxylation is 1. The van der Waals surface area contributed by atoms with Crippen LogP contribution >= 0.6 is 22.9 Å². The summed E-state index contributed by atoms with van der Waals surface area (Å²) in [7, 11) is -2.35. The van der Waals surface area contributed by atoms with Crippen molar-refractivity contribution >= 4 is 44.6 Å². The van der Waals surface area contributed by atoms with Crippen LogP contribution in [0.25, 0.3) is 0 Å². The molecule has 1 unspecified atom stereocenters. The van der Waals surface area contributed by atoms with Crippen LogP contribution in [0.3, 0.4) is 0 Å². The van der Waals surface area contributed by atoms with Crippen molar-refractivity contribution in [1.29, 1.82) is 0 Å². The number of carbonyl (C=O) groups is 1. The Labute approximate surface area is 190 Å². The minimum atomic E-state index is -3.84. The van der Waals surface area contributed by atoms with Gasteiger partial charge in [-0.1, -0.05) is 41.9 Å². The Kier molecular flexibility index (Phi) is 6.07. The number of ether oxygens (including phenoxy) is 1. The lowest BCUT2D eigenvalue weighted by Crippen LogP contribution is -2.50. The number of amides is 1. The molecule has 0 bridgehead atoms. The van der Waals surface area contributed by atoms with E-state index in [2.05, 4.69) is 5.32 Å². The Bertz CT molecular complexity index is 1230. The van der Waals surface area contributed by atoms with Crippen LogP contribution in [0.4, 0.5) is 5.69 Å². The van der Waals surface area contributed by atoms with Gasteiger partial charge in [0.05, 0.1) is 12.8 Å². The van der Waals surface area contributed by atoms with Gasteiger partial charge in [0.15, 0.2) is 0 Å². The highest BCUT2D eigenvalue weighted by Crippen LogP contribution is 2.34. The van der Waals surface area contributed by atoms with Gasteiger partial charge >= 0.3 is 0 Å². The lowest BCUT2D eigenvalue weighted by atomic mass is 9.95. The van der Waals surface area contributed by atoms with Crippen LogP contribution in [0.5, 0.6) is 5.75 Å². The monoisotopic (exact) mass is 476 g/mol. The third-order valence-corrected chi connectivity index (χ3v) is 8.94. The Morgan fingerprint density at radius 1 is 1.19 bits per heavy atom. The Morgan fingerprint density at radius 3 is 2.61 bits per heavy atom. The number of sulfonamides is 1. The number of nitrogens with one attached hydrogen (secondary N) is 1. The normalized spacial score (nSPS) is 16.5. The van der Waals surface area contributed by atoms with E-state index in [1.807, 2.05) is 31.2 Å². The van der Waals surface area contributed by atoms with Gasteiger partial charge in [-0.25, -0.2) is 8.42 Å². The minimum absolute atomic E-state index is 0.130. The molecule has 162 valence electrons. The number of hydrogen-bond donors (Lipinski definition) is 1. The van der Waals surface area contributed by atoms with Gasteiger partial charge in [-0.3, -0.25) is 4.79 Å². The summed E-state index contributed by atoms with van der Waals surface area (Å²) in [6, 6.07) is 13.3.